The number of thiazole rings is 1. The summed E-state index contributed by atoms with van der Waals surface area (Å²) >= 11 is 7.55. The number of rotatable bonds is 7. The second-order valence-corrected chi connectivity index (χ2v) is 11.5. The standard InChI is InChI=1S/C31H25ClN4O5S/c1-31(27-10-7-20(32)13-33-27)40-26-4-2-3-23(29(26)41-31)19-5-8-22(39-15-19)12-28-35-24-9-6-18(30(37)38)11-25(24)36(28)14-21-16-42-17-34-21/h2-7,9-11,13,16-17,22H,8,12,14-15H2,1H3,(H,37,38)/t22-,31+/m1/s1. The molecule has 0 saturated heterocycles. The van der Waals surface area contributed by atoms with Crippen LogP contribution in [0.3, 0.4) is 0 Å². The number of hydrogen-bond acceptors (Lipinski definition) is 8. The van der Waals surface area contributed by atoms with E-state index in [2.05, 4.69) is 16.0 Å². The van der Waals surface area contributed by atoms with Crippen molar-refractivity contribution in [2.75, 3.05) is 6.61 Å². The molecule has 42 heavy (non-hydrogen) atoms. The molecule has 2 aromatic carbocycles. The van der Waals surface area contributed by atoms with Crippen LogP contribution < -0.4 is 9.47 Å². The van der Waals surface area contributed by atoms with E-state index in [4.69, 9.17) is 30.8 Å². The van der Waals surface area contributed by atoms with Crippen LogP contribution in [0.5, 0.6) is 11.5 Å². The van der Waals surface area contributed by atoms with Gasteiger partial charge in [0, 0.05) is 30.5 Å². The highest BCUT2D eigenvalue weighted by Gasteiger charge is 2.41. The maximum absolute atomic E-state index is 11.6. The van der Waals surface area contributed by atoms with Gasteiger partial charge in [0.05, 0.1) is 52.1 Å². The second-order valence-electron chi connectivity index (χ2n) is 10.3. The Labute approximate surface area is 250 Å². The Bertz CT molecular complexity index is 1840. The predicted molar refractivity (Wildman–Crippen MR) is 158 cm³/mol. The Morgan fingerprint density at radius 2 is 2.10 bits per heavy atom. The first-order valence-electron chi connectivity index (χ1n) is 13.4. The van der Waals surface area contributed by atoms with Crippen LogP contribution in [0.15, 0.2) is 71.7 Å². The van der Waals surface area contributed by atoms with Crippen LogP contribution in [0.25, 0.3) is 16.6 Å². The van der Waals surface area contributed by atoms with E-state index in [1.165, 1.54) is 11.3 Å². The number of aromatic carboxylic acids is 1. The van der Waals surface area contributed by atoms with Gasteiger partial charge in [0.15, 0.2) is 11.5 Å². The lowest BCUT2D eigenvalue weighted by molar-refractivity contribution is -0.0719. The quantitative estimate of drug-likeness (QED) is 0.230. The molecule has 5 heterocycles. The van der Waals surface area contributed by atoms with E-state index in [9.17, 15) is 9.90 Å². The molecular weight excluding hydrogens is 576 g/mol. The van der Waals surface area contributed by atoms with Crippen molar-refractivity contribution in [3.63, 3.8) is 0 Å². The lowest BCUT2D eigenvalue weighted by Crippen LogP contribution is -2.32. The van der Waals surface area contributed by atoms with Gasteiger partial charge in [-0.3, -0.25) is 4.98 Å². The van der Waals surface area contributed by atoms with Crippen LogP contribution in [-0.2, 0) is 23.5 Å². The number of aromatic nitrogens is 4. The SMILES string of the molecule is C[C@]1(c2ccc(Cl)cn2)Oc2cccc(C3=CC[C@H](Cc4nc5ccc(C(=O)O)cc5n4Cc4cscn4)OC3)c2O1. The van der Waals surface area contributed by atoms with Gasteiger partial charge in [0.1, 0.15) is 11.5 Å². The van der Waals surface area contributed by atoms with E-state index in [1.807, 2.05) is 35.1 Å². The van der Waals surface area contributed by atoms with Gasteiger partial charge in [-0.25, -0.2) is 14.8 Å². The zero-order valence-corrected chi connectivity index (χ0v) is 24.1. The normalized spacial score (nSPS) is 19.7. The molecule has 0 saturated carbocycles. The van der Waals surface area contributed by atoms with Gasteiger partial charge in [0.25, 0.3) is 5.79 Å². The first-order chi connectivity index (χ1) is 20.4. The van der Waals surface area contributed by atoms with E-state index in [-0.39, 0.29) is 11.7 Å². The Morgan fingerprint density at radius 1 is 1.19 bits per heavy atom. The van der Waals surface area contributed by atoms with E-state index < -0.39 is 11.8 Å². The van der Waals surface area contributed by atoms with Crippen molar-refractivity contribution in [2.24, 2.45) is 0 Å². The van der Waals surface area contributed by atoms with Crippen LogP contribution in [0, 0.1) is 0 Å². The number of carboxylic acids is 1. The fourth-order valence-corrected chi connectivity index (χ4v) is 6.05. The number of fused-ring (bicyclic) bond motifs is 2. The number of hydrogen-bond donors (Lipinski definition) is 1. The van der Waals surface area contributed by atoms with Crippen molar-refractivity contribution in [1.29, 1.82) is 0 Å². The van der Waals surface area contributed by atoms with Gasteiger partial charge < -0.3 is 23.9 Å². The summed E-state index contributed by atoms with van der Waals surface area (Å²) in [6, 6.07) is 14.4. The van der Waals surface area contributed by atoms with Gasteiger partial charge in [-0.15, -0.1) is 11.3 Å². The average molecular weight is 601 g/mol. The van der Waals surface area contributed by atoms with E-state index >= 15 is 0 Å². The van der Waals surface area contributed by atoms with Crippen molar-refractivity contribution in [3.05, 3.63) is 105 Å². The van der Waals surface area contributed by atoms with Gasteiger partial charge in [-0.1, -0.05) is 29.8 Å². The molecule has 212 valence electrons. The summed E-state index contributed by atoms with van der Waals surface area (Å²) in [5, 5.41) is 12.1. The highest BCUT2D eigenvalue weighted by Crippen LogP contribution is 2.48. The van der Waals surface area contributed by atoms with Gasteiger partial charge in [-0.2, -0.15) is 0 Å². The summed E-state index contributed by atoms with van der Waals surface area (Å²) in [6.45, 7) is 2.74. The summed E-state index contributed by atoms with van der Waals surface area (Å²) in [4.78, 5) is 25.3. The van der Waals surface area contributed by atoms with E-state index in [1.54, 1.807) is 42.0 Å². The van der Waals surface area contributed by atoms with Crippen molar-refractivity contribution in [2.45, 2.75) is 38.2 Å². The molecule has 9 nitrogen and oxygen atoms in total. The maximum Gasteiger partial charge on any atom is 0.335 e. The summed E-state index contributed by atoms with van der Waals surface area (Å²) < 4.78 is 21.0. The molecule has 0 amide bonds. The van der Waals surface area contributed by atoms with Crippen molar-refractivity contribution < 1.29 is 24.1 Å². The summed E-state index contributed by atoms with van der Waals surface area (Å²) in [5.74, 6) is 0.0830. The van der Waals surface area contributed by atoms with E-state index in [0.29, 0.717) is 48.2 Å². The molecule has 0 fully saturated rings. The minimum Gasteiger partial charge on any atom is -0.478 e. The molecule has 2 aliphatic heterocycles. The average Bonchev–Trinajstić information content (AvgIpc) is 3.71. The monoisotopic (exact) mass is 600 g/mol. The topological polar surface area (TPSA) is 109 Å². The van der Waals surface area contributed by atoms with Crippen LogP contribution in [0.1, 0.15) is 46.5 Å². The number of ether oxygens (including phenoxy) is 3. The Hall–Kier alpha value is -4.25. The molecule has 7 rings (SSSR count). The molecule has 0 spiro atoms. The Balaban J connectivity index is 1.13. The van der Waals surface area contributed by atoms with Crippen LogP contribution in [0.2, 0.25) is 5.02 Å². The molecule has 2 atom stereocenters. The Kier molecular flexibility index (Phi) is 6.69. The fourth-order valence-electron chi connectivity index (χ4n) is 5.39. The molecule has 3 aromatic heterocycles. The Morgan fingerprint density at radius 3 is 2.83 bits per heavy atom. The number of carbonyl (C=O) groups is 1. The van der Waals surface area contributed by atoms with E-state index in [0.717, 1.165) is 33.7 Å². The number of para-hydroxylation sites is 1. The summed E-state index contributed by atoms with van der Waals surface area (Å²) in [7, 11) is 0. The van der Waals surface area contributed by atoms with Crippen LogP contribution >= 0.6 is 22.9 Å². The molecule has 0 radical (unpaired) electrons. The molecule has 0 bridgehead atoms. The zero-order chi connectivity index (χ0) is 28.8. The first kappa shape index (κ1) is 26.6. The third-order valence-corrected chi connectivity index (χ3v) is 8.37. The minimum absolute atomic E-state index is 0.101. The smallest absolute Gasteiger partial charge is 0.335 e. The van der Waals surface area contributed by atoms with Gasteiger partial charge in [0.2, 0.25) is 0 Å². The number of carboxylic acid groups (broad SMARTS) is 1. The number of pyridine rings is 1. The number of benzene rings is 2. The van der Waals surface area contributed by atoms with Crippen LogP contribution in [0.4, 0.5) is 0 Å². The molecule has 11 heteroatoms. The molecule has 5 aromatic rings. The third kappa shape index (κ3) is 4.91. The predicted octanol–water partition coefficient (Wildman–Crippen LogP) is 6.35. The number of imidazole rings is 1. The molecule has 0 aliphatic carbocycles. The lowest BCUT2D eigenvalue weighted by atomic mass is 9.99. The number of halogens is 1. The second kappa shape index (κ2) is 10.5. The summed E-state index contributed by atoms with van der Waals surface area (Å²) in [6.07, 6.45) is 4.90. The highest BCUT2D eigenvalue weighted by atomic mass is 35.5. The first-order valence-corrected chi connectivity index (χ1v) is 14.7. The number of nitrogens with zero attached hydrogens (tertiary/aromatic N) is 4. The molecule has 2 aliphatic rings. The molecular formula is C31H25ClN4O5S. The fraction of sp³-hybridized carbons (Fsp3) is 0.226. The molecule has 1 N–H and O–H groups in total. The third-order valence-electron chi connectivity index (χ3n) is 7.51. The van der Waals surface area contributed by atoms with Gasteiger partial charge in [-0.05, 0) is 48.4 Å². The van der Waals surface area contributed by atoms with Gasteiger partial charge >= 0.3 is 5.97 Å². The van der Waals surface area contributed by atoms with Crippen LogP contribution in [-0.4, -0.2) is 43.3 Å². The van der Waals surface area contributed by atoms with Crippen molar-refractivity contribution in [1.82, 2.24) is 19.5 Å². The molecule has 0 unspecified atom stereocenters. The maximum atomic E-state index is 11.6. The lowest BCUT2D eigenvalue weighted by Gasteiger charge is -2.24. The minimum atomic E-state index is -1.07. The van der Waals surface area contributed by atoms with Crippen molar-refractivity contribution in [3.8, 4) is 11.5 Å². The highest BCUT2D eigenvalue weighted by molar-refractivity contribution is 7.07. The zero-order valence-electron chi connectivity index (χ0n) is 22.5. The summed E-state index contributed by atoms with van der Waals surface area (Å²) in [5.41, 5.74) is 6.97. The van der Waals surface area contributed by atoms with Crippen molar-refractivity contribution >= 4 is 45.5 Å². The largest absolute Gasteiger partial charge is 0.478 e.